The Morgan fingerprint density at radius 2 is 1.81 bits per heavy atom. The van der Waals surface area contributed by atoms with Gasteiger partial charge in [-0.15, -0.1) is 0 Å². The average Bonchev–Trinajstić information content (AvgIpc) is 2.81. The SMILES string of the molecule is C.O=S1(=O)N[C@@H]2CC[C@@]3(S(=O)(=O)c4ccc(Cl)cc4)c4c(F)ccc(F)c4OC[C@H]3[C@@H]2C[C@H]1CCO. The van der Waals surface area contributed by atoms with Gasteiger partial charge in [0.1, 0.15) is 10.6 Å². The summed E-state index contributed by atoms with van der Waals surface area (Å²) in [5, 5.41) is 8.79. The van der Waals surface area contributed by atoms with Crippen LogP contribution in [0.5, 0.6) is 5.75 Å². The lowest BCUT2D eigenvalue weighted by atomic mass is 9.64. The molecular weight excluding hydrogens is 536 g/mol. The van der Waals surface area contributed by atoms with Crippen LogP contribution < -0.4 is 9.46 Å². The van der Waals surface area contributed by atoms with E-state index in [2.05, 4.69) is 4.72 Å². The third-order valence-corrected chi connectivity index (χ3v) is 12.4. The third-order valence-electron chi connectivity index (χ3n) is 7.69. The normalized spacial score (nSPS) is 30.7. The van der Waals surface area contributed by atoms with Crippen molar-refractivity contribution in [3.63, 3.8) is 0 Å². The Morgan fingerprint density at radius 3 is 2.47 bits per heavy atom. The predicted octanol–water partition coefficient (Wildman–Crippen LogP) is 3.78. The zero-order valence-corrected chi connectivity index (χ0v) is 20.8. The molecule has 2 fully saturated rings. The van der Waals surface area contributed by atoms with Gasteiger partial charge in [0, 0.05) is 23.6 Å². The van der Waals surface area contributed by atoms with Crippen molar-refractivity contribution in [3.8, 4) is 5.75 Å². The van der Waals surface area contributed by atoms with E-state index in [1.165, 1.54) is 24.3 Å². The molecule has 7 nitrogen and oxygen atoms in total. The van der Waals surface area contributed by atoms with Gasteiger partial charge >= 0.3 is 0 Å². The molecule has 0 amide bonds. The molecule has 5 rings (SSSR count). The first-order valence-electron chi connectivity index (χ1n) is 11.3. The van der Waals surface area contributed by atoms with Crippen molar-refractivity contribution in [2.45, 2.75) is 54.0 Å². The molecule has 2 aromatic rings. The van der Waals surface area contributed by atoms with Crippen LogP contribution in [-0.4, -0.2) is 46.4 Å². The second-order valence-electron chi connectivity index (χ2n) is 9.34. The van der Waals surface area contributed by atoms with Crippen molar-refractivity contribution in [3.05, 3.63) is 58.6 Å². The van der Waals surface area contributed by atoms with Crippen LogP contribution in [0.2, 0.25) is 5.02 Å². The van der Waals surface area contributed by atoms with Gasteiger partial charge in [-0.2, -0.15) is 0 Å². The number of hydrogen-bond donors (Lipinski definition) is 2. The summed E-state index contributed by atoms with van der Waals surface area (Å²) in [6.45, 7) is -0.587. The van der Waals surface area contributed by atoms with E-state index in [1.807, 2.05) is 0 Å². The number of ether oxygens (including phenoxy) is 1. The first-order chi connectivity index (χ1) is 16.5. The molecule has 0 spiro atoms. The highest BCUT2D eigenvalue weighted by Gasteiger charge is 2.64. The topological polar surface area (TPSA) is 110 Å². The summed E-state index contributed by atoms with van der Waals surface area (Å²) in [7, 11) is -8.06. The molecule has 0 bridgehead atoms. The fraction of sp³-hybridized carbons (Fsp3) is 0.500. The van der Waals surface area contributed by atoms with Crippen LogP contribution >= 0.6 is 11.6 Å². The van der Waals surface area contributed by atoms with E-state index in [0.717, 1.165) is 12.1 Å². The summed E-state index contributed by atoms with van der Waals surface area (Å²) in [6.07, 6.45) is 0.0174. The minimum Gasteiger partial charge on any atom is -0.490 e. The van der Waals surface area contributed by atoms with E-state index < -0.39 is 65.1 Å². The molecule has 0 aromatic heterocycles. The summed E-state index contributed by atoms with van der Waals surface area (Å²) in [5.74, 6) is -3.60. The highest BCUT2D eigenvalue weighted by molar-refractivity contribution is 7.92. The zero-order chi connectivity index (χ0) is 25.2. The molecule has 2 N–H and O–H groups in total. The molecule has 2 aliphatic heterocycles. The number of sulfonamides is 1. The highest BCUT2D eigenvalue weighted by Crippen LogP contribution is 2.59. The highest BCUT2D eigenvalue weighted by atomic mass is 35.5. The van der Waals surface area contributed by atoms with Gasteiger partial charge in [0.05, 0.1) is 22.3 Å². The molecule has 3 aliphatic rings. The first-order valence-corrected chi connectivity index (χ1v) is 14.7. The van der Waals surface area contributed by atoms with Crippen LogP contribution in [0.15, 0.2) is 41.3 Å². The van der Waals surface area contributed by atoms with Gasteiger partial charge < -0.3 is 9.84 Å². The van der Waals surface area contributed by atoms with Gasteiger partial charge in [-0.3, -0.25) is 0 Å². The van der Waals surface area contributed by atoms with E-state index in [0.29, 0.717) is 5.02 Å². The number of fused-ring (bicyclic) bond motifs is 5. The van der Waals surface area contributed by atoms with Crippen molar-refractivity contribution < 1.29 is 35.5 Å². The second kappa shape index (κ2) is 9.50. The number of benzene rings is 2. The Labute approximate surface area is 214 Å². The van der Waals surface area contributed by atoms with Crippen molar-refractivity contribution in [2.75, 3.05) is 13.2 Å². The minimum absolute atomic E-state index is 0. The Bertz CT molecular complexity index is 1370. The standard InChI is InChI=1S/C23H24ClF2NO6S2.CH4/c24-13-1-3-14(4-2-13)34(29,30)23-9-7-20-16(11-15(8-10-28)35(31,32)27-20)17(23)12-33-22-19(26)6-5-18(25)21(22)23;/h1-6,15-17,20,27-28H,7-12H2;1H4/t15-,16+,17+,20-,23+;/m1./s1. The Morgan fingerprint density at radius 1 is 1.14 bits per heavy atom. The first kappa shape index (κ1) is 27.3. The molecule has 1 saturated carbocycles. The quantitative estimate of drug-likeness (QED) is 0.586. The third kappa shape index (κ3) is 3.94. The van der Waals surface area contributed by atoms with Crippen LogP contribution in [0.25, 0.3) is 0 Å². The molecular formula is C24H28ClF2NO6S2. The van der Waals surface area contributed by atoms with Crippen LogP contribution in [0, 0.1) is 23.5 Å². The zero-order valence-electron chi connectivity index (χ0n) is 18.5. The van der Waals surface area contributed by atoms with Crippen molar-refractivity contribution >= 4 is 31.5 Å². The fourth-order valence-electron chi connectivity index (χ4n) is 6.13. The number of aliphatic hydroxyl groups is 1. The molecule has 2 heterocycles. The summed E-state index contributed by atoms with van der Waals surface area (Å²) < 4.78 is 90.8. The molecule has 1 saturated heterocycles. The maximum Gasteiger partial charge on any atom is 0.214 e. The van der Waals surface area contributed by atoms with Crippen LogP contribution in [0.1, 0.15) is 38.7 Å². The molecule has 12 heteroatoms. The lowest BCUT2D eigenvalue weighted by Crippen LogP contribution is -2.63. The fourth-order valence-corrected chi connectivity index (χ4v) is 10.5. The summed E-state index contributed by atoms with van der Waals surface area (Å²) in [4.78, 5) is -0.0924. The lowest BCUT2D eigenvalue weighted by molar-refractivity contribution is 0.0481. The minimum atomic E-state index is -4.33. The predicted molar refractivity (Wildman–Crippen MR) is 131 cm³/mol. The molecule has 2 aromatic carbocycles. The Hall–Kier alpha value is -1.79. The van der Waals surface area contributed by atoms with E-state index in [9.17, 15) is 26.3 Å². The summed E-state index contributed by atoms with van der Waals surface area (Å²) >= 11 is 5.96. The summed E-state index contributed by atoms with van der Waals surface area (Å²) in [6, 6.07) is 6.70. The van der Waals surface area contributed by atoms with Crippen molar-refractivity contribution in [1.29, 1.82) is 0 Å². The van der Waals surface area contributed by atoms with Crippen molar-refractivity contribution in [2.24, 2.45) is 11.8 Å². The molecule has 36 heavy (non-hydrogen) atoms. The van der Waals surface area contributed by atoms with Gasteiger partial charge in [-0.1, -0.05) is 19.0 Å². The van der Waals surface area contributed by atoms with E-state index >= 15 is 4.39 Å². The van der Waals surface area contributed by atoms with E-state index in [1.54, 1.807) is 0 Å². The van der Waals surface area contributed by atoms with Gasteiger partial charge in [0.15, 0.2) is 21.4 Å². The Kier molecular flexibility index (Phi) is 7.19. The molecule has 0 unspecified atom stereocenters. The van der Waals surface area contributed by atoms with E-state index in [-0.39, 0.29) is 56.8 Å². The number of nitrogens with one attached hydrogen (secondary N) is 1. The van der Waals surface area contributed by atoms with Crippen LogP contribution in [-0.2, 0) is 24.6 Å². The van der Waals surface area contributed by atoms with Crippen LogP contribution in [0.4, 0.5) is 8.78 Å². The monoisotopic (exact) mass is 563 g/mol. The maximum atomic E-state index is 15.4. The number of hydrogen-bond acceptors (Lipinski definition) is 6. The number of aliphatic hydroxyl groups excluding tert-OH is 1. The molecule has 5 atom stereocenters. The van der Waals surface area contributed by atoms with Crippen LogP contribution in [0.3, 0.4) is 0 Å². The maximum absolute atomic E-state index is 15.4. The van der Waals surface area contributed by atoms with Gasteiger partial charge in [-0.05, 0) is 68.0 Å². The van der Waals surface area contributed by atoms with Gasteiger partial charge in [-0.25, -0.2) is 30.3 Å². The van der Waals surface area contributed by atoms with Crippen molar-refractivity contribution in [1.82, 2.24) is 4.72 Å². The lowest BCUT2D eigenvalue weighted by Gasteiger charge is -2.54. The number of halogens is 3. The smallest absolute Gasteiger partial charge is 0.214 e. The molecule has 198 valence electrons. The van der Waals surface area contributed by atoms with E-state index in [4.69, 9.17) is 16.3 Å². The van der Waals surface area contributed by atoms with Gasteiger partial charge in [0.2, 0.25) is 10.0 Å². The molecule has 1 aliphatic carbocycles. The number of sulfone groups is 1. The average molecular weight is 564 g/mol. The Balaban J connectivity index is 0.00000304. The summed E-state index contributed by atoms with van der Waals surface area (Å²) in [5.41, 5.74) is -0.353. The second-order valence-corrected chi connectivity index (χ2v) is 14.0. The van der Waals surface area contributed by atoms with Gasteiger partial charge in [0.25, 0.3) is 0 Å². The number of rotatable bonds is 4. The molecule has 0 radical (unpaired) electrons. The largest absolute Gasteiger partial charge is 0.490 e.